The minimum Gasteiger partial charge on any atom is -0.255 e. The van der Waals surface area contributed by atoms with E-state index in [1.807, 2.05) is 6.21 Å². The maximum absolute atomic E-state index is 5.13. The first-order valence-corrected chi connectivity index (χ1v) is 16.2. The molecule has 0 amide bonds. The van der Waals surface area contributed by atoms with Crippen LogP contribution in [0.15, 0.2) is 58.5 Å². The number of aryl methyl sites for hydroxylation is 4. The van der Waals surface area contributed by atoms with Crippen LogP contribution in [0.25, 0.3) is 0 Å². The van der Waals surface area contributed by atoms with Gasteiger partial charge in [-0.2, -0.15) is 0 Å². The summed E-state index contributed by atoms with van der Waals surface area (Å²) < 4.78 is 0. The molecule has 40 heavy (non-hydrogen) atoms. The van der Waals surface area contributed by atoms with Crippen LogP contribution in [0.5, 0.6) is 0 Å². The molecular formula is C37H56N2Ni. The van der Waals surface area contributed by atoms with Gasteiger partial charge in [0.05, 0.1) is 23.3 Å². The van der Waals surface area contributed by atoms with Crippen LogP contribution < -0.4 is 0 Å². The summed E-state index contributed by atoms with van der Waals surface area (Å²) >= 11 is 0. The minimum absolute atomic E-state index is 0. The molecule has 0 aromatic heterocycles. The summed E-state index contributed by atoms with van der Waals surface area (Å²) in [6.07, 6.45) is 26.0. The normalized spacial score (nSPS) is 12.0. The zero-order chi connectivity index (χ0) is 28.1. The molecular weight excluding hydrogens is 531 g/mol. The van der Waals surface area contributed by atoms with E-state index < -0.39 is 0 Å². The van der Waals surface area contributed by atoms with Crippen molar-refractivity contribution in [3.05, 3.63) is 70.8 Å². The molecule has 2 aromatic carbocycles. The molecule has 0 radical (unpaired) electrons. The summed E-state index contributed by atoms with van der Waals surface area (Å²) in [6.45, 7) is 11.3. The third-order valence-electron chi connectivity index (χ3n) is 7.10. The van der Waals surface area contributed by atoms with Gasteiger partial charge < -0.3 is 0 Å². The molecule has 2 aromatic rings. The minimum atomic E-state index is 0. The molecule has 2 nitrogen and oxygen atoms in total. The van der Waals surface area contributed by atoms with Gasteiger partial charge in [0.2, 0.25) is 0 Å². The molecule has 0 heterocycles. The van der Waals surface area contributed by atoms with Gasteiger partial charge in [-0.3, -0.25) is 4.99 Å². The average Bonchev–Trinajstić information content (AvgIpc) is 2.91. The maximum Gasteiger partial charge on any atom is 0.0816 e. The Labute approximate surface area is 257 Å². The second kappa shape index (κ2) is 22.7. The maximum atomic E-state index is 5.13. The first-order chi connectivity index (χ1) is 19.1. The number of aliphatic imine (C=N–C) groups is 2. The van der Waals surface area contributed by atoms with Crippen LogP contribution in [0.2, 0.25) is 0 Å². The largest absolute Gasteiger partial charge is 0.255 e. The Kier molecular flexibility index (Phi) is 20.4. The molecule has 0 aliphatic heterocycles. The number of hydrogen-bond donors (Lipinski definition) is 0. The van der Waals surface area contributed by atoms with E-state index in [1.54, 1.807) is 0 Å². The van der Waals surface area contributed by atoms with Crippen LogP contribution in [-0.2, 0) is 42.2 Å². The van der Waals surface area contributed by atoms with E-state index in [0.29, 0.717) is 0 Å². The summed E-state index contributed by atoms with van der Waals surface area (Å²) in [4.78, 5) is 10.1. The van der Waals surface area contributed by atoms with E-state index in [2.05, 4.69) is 83.2 Å². The predicted molar refractivity (Wildman–Crippen MR) is 176 cm³/mol. The predicted octanol–water partition coefficient (Wildman–Crippen LogP) is 11.7. The summed E-state index contributed by atoms with van der Waals surface area (Å²) in [5.41, 5.74) is 8.60. The Morgan fingerprint density at radius 2 is 1.00 bits per heavy atom. The molecule has 2 rings (SSSR count). The van der Waals surface area contributed by atoms with Crippen molar-refractivity contribution < 1.29 is 16.5 Å². The van der Waals surface area contributed by atoms with Crippen LogP contribution in [-0.4, -0.2) is 11.9 Å². The Morgan fingerprint density at radius 1 is 0.550 bits per heavy atom. The van der Waals surface area contributed by atoms with Gasteiger partial charge in [-0.25, -0.2) is 4.99 Å². The molecule has 0 saturated heterocycles. The molecule has 0 spiro atoms. The number of hydrogen-bond acceptors (Lipinski definition) is 2. The number of nitrogens with zero attached hydrogens (tertiary/aromatic N) is 2. The van der Waals surface area contributed by atoms with Gasteiger partial charge in [0.25, 0.3) is 0 Å². The van der Waals surface area contributed by atoms with Crippen molar-refractivity contribution >= 4 is 23.3 Å². The third kappa shape index (κ3) is 15.1. The quantitative estimate of drug-likeness (QED) is 0.0836. The molecule has 0 fully saturated rings. The van der Waals surface area contributed by atoms with Crippen molar-refractivity contribution in [2.75, 3.05) is 0 Å². The third-order valence-corrected chi connectivity index (χ3v) is 7.10. The molecule has 224 valence electrons. The summed E-state index contributed by atoms with van der Waals surface area (Å²) in [5.74, 6) is 0. The molecule has 0 bridgehead atoms. The second-order valence-electron chi connectivity index (χ2n) is 11.1. The van der Waals surface area contributed by atoms with Gasteiger partial charge in [0, 0.05) is 16.5 Å². The average molecular weight is 588 g/mol. The van der Waals surface area contributed by atoms with Crippen LogP contribution in [0, 0.1) is 0 Å². The zero-order valence-electron chi connectivity index (χ0n) is 26.2. The summed E-state index contributed by atoms with van der Waals surface area (Å²) in [7, 11) is 0. The Morgan fingerprint density at radius 3 is 1.48 bits per heavy atom. The fourth-order valence-corrected chi connectivity index (χ4v) is 5.18. The van der Waals surface area contributed by atoms with Crippen molar-refractivity contribution in [2.24, 2.45) is 9.98 Å². The van der Waals surface area contributed by atoms with Crippen molar-refractivity contribution in [1.29, 1.82) is 0 Å². The van der Waals surface area contributed by atoms with E-state index in [4.69, 9.17) is 9.98 Å². The standard InChI is InChI=1S/C37H56N2.Ni/c1-6-11-12-13-14-15-16-17-18-23-35(39-37-28-33(21-9-4)25-34(29-37)22-10-5)30-38-36-26-31(19-7-2)24-32(27-36)20-8-3;/h18,23-30H,6-17,19-22H2,1-5H3;. The number of unbranched alkanes of at least 4 members (excludes halogenated alkanes) is 7. The number of rotatable bonds is 20. The molecule has 0 saturated carbocycles. The Balaban J connectivity index is 0.00000800. The molecule has 0 N–H and O–H groups in total. The van der Waals surface area contributed by atoms with E-state index >= 15 is 0 Å². The van der Waals surface area contributed by atoms with Crippen molar-refractivity contribution in [3.8, 4) is 0 Å². The molecule has 3 heteroatoms. The van der Waals surface area contributed by atoms with Crippen molar-refractivity contribution in [2.45, 2.75) is 137 Å². The fraction of sp³-hybridized carbons (Fsp3) is 0.568. The van der Waals surface area contributed by atoms with Crippen molar-refractivity contribution in [3.63, 3.8) is 0 Å². The second-order valence-corrected chi connectivity index (χ2v) is 11.1. The van der Waals surface area contributed by atoms with Crippen LogP contribution in [0.3, 0.4) is 0 Å². The van der Waals surface area contributed by atoms with Gasteiger partial charge in [-0.1, -0.05) is 117 Å². The molecule has 0 atom stereocenters. The monoisotopic (exact) mass is 586 g/mol. The summed E-state index contributed by atoms with van der Waals surface area (Å²) in [6, 6.07) is 13.8. The molecule has 0 aliphatic rings. The van der Waals surface area contributed by atoms with Gasteiger partial charge in [-0.15, -0.1) is 0 Å². The van der Waals surface area contributed by atoms with Gasteiger partial charge >= 0.3 is 0 Å². The van der Waals surface area contributed by atoms with Crippen LogP contribution in [0.1, 0.15) is 134 Å². The number of allylic oxidation sites excluding steroid dienone is 2. The van der Waals surface area contributed by atoms with Gasteiger partial charge in [0.15, 0.2) is 0 Å². The Hall–Kier alpha value is -1.99. The van der Waals surface area contributed by atoms with E-state index in [0.717, 1.165) is 74.9 Å². The van der Waals surface area contributed by atoms with E-state index in [9.17, 15) is 0 Å². The van der Waals surface area contributed by atoms with E-state index in [-0.39, 0.29) is 16.5 Å². The van der Waals surface area contributed by atoms with Gasteiger partial charge in [0.1, 0.15) is 0 Å². The summed E-state index contributed by atoms with van der Waals surface area (Å²) in [5, 5.41) is 0. The first kappa shape index (κ1) is 36.0. The number of benzene rings is 2. The Bertz CT molecular complexity index is 986. The molecule has 0 aliphatic carbocycles. The van der Waals surface area contributed by atoms with Crippen LogP contribution >= 0.6 is 0 Å². The SMILES string of the molecule is CCCCCCCCCC=CC(C=Nc1cc(CCC)cc(CCC)c1)=Nc1cc(CCC)cc(CCC)c1.[Ni]. The zero-order valence-corrected chi connectivity index (χ0v) is 27.2. The van der Waals surface area contributed by atoms with Gasteiger partial charge in [-0.05, 0) is 91.1 Å². The first-order valence-electron chi connectivity index (χ1n) is 16.2. The molecule has 0 unspecified atom stereocenters. The van der Waals surface area contributed by atoms with E-state index in [1.165, 1.54) is 67.2 Å². The fourth-order valence-electron chi connectivity index (χ4n) is 5.18. The van der Waals surface area contributed by atoms with Crippen LogP contribution in [0.4, 0.5) is 11.4 Å². The van der Waals surface area contributed by atoms with Crippen molar-refractivity contribution in [1.82, 2.24) is 0 Å². The topological polar surface area (TPSA) is 24.7 Å². The smallest absolute Gasteiger partial charge is 0.0816 e.